The summed E-state index contributed by atoms with van der Waals surface area (Å²) in [7, 11) is 3.90. The van der Waals surface area contributed by atoms with Crippen LogP contribution in [0.5, 0.6) is 0 Å². The number of likely N-dealkylation sites (tertiary alicyclic amines) is 1. The van der Waals surface area contributed by atoms with E-state index in [0.717, 1.165) is 19.6 Å². The number of piperidine rings is 1. The van der Waals surface area contributed by atoms with Gasteiger partial charge in [0.1, 0.15) is 11.4 Å². The lowest BCUT2D eigenvalue weighted by atomic mass is 9.98. The zero-order valence-corrected chi connectivity index (χ0v) is 11.8. The van der Waals surface area contributed by atoms with E-state index in [1.807, 2.05) is 0 Å². The molecule has 2 rings (SSSR count). The average Bonchev–Trinajstić information content (AvgIpc) is 2.61. The molecule has 0 aliphatic carbocycles. The first kappa shape index (κ1) is 13.9. The first-order valence-corrected chi connectivity index (χ1v) is 6.68. The summed E-state index contributed by atoms with van der Waals surface area (Å²) in [6, 6.07) is 0. The quantitative estimate of drug-likeness (QED) is 0.856. The minimum Gasteiger partial charge on any atom is -0.477 e. The number of nitrogens with one attached hydrogen (secondary N) is 1. The number of hydrogen-bond acceptors (Lipinski definition) is 4. The SMILES string of the molecule is Cc1nn(C)c(NCC2CCCN(C)C2)c1C(=O)O. The minimum atomic E-state index is -0.922. The number of rotatable bonds is 4. The van der Waals surface area contributed by atoms with Crippen LogP contribution in [-0.2, 0) is 7.05 Å². The summed E-state index contributed by atoms with van der Waals surface area (Å²) < 4.78 is 1.62. The van der Waals surface area contributed by atoms with Gasteiger partial charge in [-0.2, -0.15) is 5.10 Å². The van der Waals surface area contributed by atoms with Crippen molar-refractivity contribution in [2.45, 2.75) is 19.8 Å². The molecule has 1 saturated heterocycles. The number of anilines is 1. The van der Waals surface area contributed by atoms with Gasteiger partial charge in [0.2, 0.25) is 0 Å². The third-order valence-corrected chi connectivity index (χ3v) is 3.72. The number of hydrogen-bond donors (Lipinski definition) is 2. The Labute approximate surface area is 113 Å². The van der Waals surface area contributed by atoms with E-state index < -0.39 is 5.97 Å². The van der Waals surface area contributed by atoms with Gasteiger partial charge in [-0.1, -0.05) is 0 Å². The summed E-state index contributed by atoms with van der Waals surface area (Å²) in [6.07, 6.45) is 2.40. The fourth-order valence-electron chi connectivity index (χ4n) is 2.80. The number of carboxylic acids is 1. The largest absolute Gasteiger partial charge is 0.477 e. The highest BCUT2D eigenvalue weighted by Gasteiger charge is 2.22. The molecular weight excluding hydrogens is 244 g/mol. The van der Waals surface area contributed by atoms with E-state index in [4.69, 9.17) is 0 Å². The lowest BCUT2D eigenvalue weighted by Crippen LogP contribution is -2.35. The molecule has 1 aliphatic rings. The van der Waals surface area contributed by atoms with Crippen molar-refractivity contribution in [2.24, 2.45) is 13.0 Å². The molecule has 106 valence electrons. The lowest BCUT2D eigenvalue weighted by molar-refractivity contribution is 0.0697. The van der Waals surface area contributed by atoms with Gasteiger partial charge in [-0.05, 0) is 39.3 Å². The van der Waals surface area contributed by atoms with Crippen molar-refractivity contribution < 1.29 is 9.90 Å². The van der Waals surface area contributed by atoms with Gasteiger partial charge in [-0.15, -0.1) is 0 Å². The Bertz CT molecular complexity index is 469. The van der Waals surface area contributed by atoms with Crippen LogP contribution < -0.4 is 5.32 Å². The molecule has 1 aromatic heterocycles. The van der Waals surface area contributed by atoms with Crippen molar-refractivity contribution in [2.75, 3.05) is 32.0 Å². The number of nitrogens with zero attached hydrogens (tertiary/aromatic N) is 3. The Hall–Kier alpha value is -1.56. The monoisotopic (exact) mass is 266 g/mol. The standard InChI is InChI=1S/C13H22N4O2/c1-9-11(13(18)19)12(17(3)15-9)14-7-10-5-4-6-16(2)8-10/h10,14H,4-8H2,1-3H3,(H,18,19). The fraction of sp³-hybridized carbons (Fsp3) is 0.692. The van der Waals surface area contributed by atoms with Crippen LogP contribution in [0, 0.1) is 12.8 Å². The third kappa shape index (κ3) is 3.07. The maximum absolute atomic E-state index is 11.3. The Morgan fingerprint density at radius 3 is 2.89 bits per heavy atom. The molecule has 0 aromatic carbocycles. The molecule has 6 heteroatoms. The molecule has 2 N–H and O–H groups in total. The molecule has 0 radical (unpaired) electrons. The van der Waals surface area contributed by atoms with Crippen LogP contribution in [0.25, 0.3) is 0 Å². The van der Waals surface area contributed by atoms with E-state index in [-0.39, 0.29) is 5.56 Å². The molecule has 6 nitrogen and oxygen atoms in total. The zero-order chi connectivity index (χ0) is 14.0. The Morgan fingerprint density at radius 1 is 1.53 bits per heavy atom. The molecule has 2 heterocycles. The molecule has 1 fully saturated rings. The van der Waals surface area contributed by atoms with E-state index in [1.165, 1.54) is 12.8 Å². The molecule has 19 heavy (non-hydrogen) atoms. The topological polar surface area (TPSA) is 70.4 Å². The molecular formula is C13H22N4O2. The van der Waals surface area contributed by atoms with Gasteiger partial charge in [0.25, 0.3) is 0 Å². The van der Waals surface area contributed by atoms with Crippen molar-refractivity contribution in [3.63, 3.8) is 0 Å². The van der Waals surface area contributed by atoms with Crippen LogP contribution in [0.3, 0.4) is 0 Å². The Balaban J connectivity index is 2.05. The summed E-state index contributed by atoms with van der Waals surface area (Å²) in [4.78, 5) is 13.6. The maximum atomic E-state index is 11.3. The van der Waals surface area contributed by atoms with Gasteiger partial charge in [-0.3, -0.25) is 4.68 Å². The first-order chi connectivity index (χ1) is 8.99. The van der Waals surface area contributed by atoms with E-state index >= 15 is 0 Å². The van der Waals surface area contributed by atoms with Crippen molar-refractivity contribution in [1.29, 1.82) is 0 Å². The van der Waals surface area contributed by atoms with Crippen LogP contribution in [0.2, 0.25) is 0 Å². The molecule has 0 spiro atoms. The second-order valence-electron chi connectivity index (χ2n) is 5.39. The predicted molar refractivity (Wildman–Crippen MR) is 73.6 cm³/mol. The molecule has 0 saturated carbocycles. The molecule has 1 unspecified atom stereocenters. The van der Waals surface area contributed by atoms with Crippen LogP contribution >= 0.6 is 0 Å². The van der Waals surface area contributed by atoms with E-state index in [1.54, 1.807) is 18.7 Å². The Morgan fingerprint density at radius 2 is 2.26 bits per heavy atom. The predicted octanol–water partition coefficient (Wildman–Crippen LogP) is 1.18. The van der Waals surface area contributed by atoms with E-state index in [0.29, 0.717) is 17.4 Å². The highest BCUT2D eigenvalue weighted by Crippen LogP contribution is 2.21. The van der Waals surface area contributed by atoms with Crippen LogP contribution in [0.1, 0.15) is 28.9 Å². The van der Waals surface area contributed by atoms with Crippen molar-refractivity contribution in [3.8, 4) is 0 Å². The fourth-order valence-corrected chi connectivity index (χ4v) is 2.80. The van der Waals surface area contributed by atoms with Gasteiger partial charge < -0.3 is 15.3 Å². The molecule has 1 aliphatic heterocycles. The van der Waals surface area contributed by atoms with Crippen LogP contribution in [0.15, 0.2) is 0 Å². The van der Waals surface area contributed by atoms with Crippen LogP contribution in [0.4, 0.5) is 5.82 Å². The Kier molecular flexibility index (Phi) is 4.09. The second-order valence-corrected chi connectivity index (χ2v) is 5.39. The maximum Gasteiger partial charge on any atom is 0.341 e. The first-order valence-electron chi connectivity index (χ1n) is 6.68. The van der Waals surface area contributed by atoms with E-state index in [2.05, 4.69) is 22.4 Å². The highest BCUT2D eigenvalue weighted by molar-refractivity contribution is 5.94. The average molecular weight is 266 g/mol. The van der Waals surface area contributed by atoms with Crippen molar-refractivity contribution in [3.05, 3.63) is 11.3 Å². The zero-order valence-electron chi connectivity index (χ0n) is 11.8. The molecule has 0 amide bonds. The normalized spacial score (nSPS) is 20.5. The summed E-state index contributed by atoms with van der Waals surface area (Å²) >= 11 is 0. The van der Waals surface area contributed by atoms with Crippen molar-refractivity contribution >= 4 is 11.8 Å². The van der Waals surface area contributed by atoms with Crippen LogP contribution in [-0.4, -0.2) is 52.4 Å². The van der Waals surface area contributed by atoms with Gasteiger partial charge in [0, 0.05) is 20.1 Å². The van der Waals surface area contributed by atoms with Gasteiger partial charge in [-0.25, -0.2) is 4.79 Å². The number of carbonyl (C=O) groups is 1. The summed E-state index contributed by atoms with van der Waals surface area (Å²) in [5.41, 5.74) is 0.838. The molecule has 0 bridgehead atoms. The minimum absolute atomic E-state index is 0.284. The number of aryl methyl sites for hydroxylation is 2. The van der Waals surface area contributed by atoms with Gasteiger partial charge >= 0.3 is 5.97 Å². The second kappa shape index (κ2) is 5.61. The summed E-state index contributed by atoms with van der Waals surface area (Å²) in [6.45, 7) is 4.74. The van der Waals surface area contributed by atoms with Gasteiger partial charge in [0.15, 0.2) is 0 Å². The summed E-state index contributed by atoms with van der Waals surface area (Å²) in [5.74, 6) is 0.252. The molecule has 1 atom stereocenters. The van der Waals surface area contributed by atoms with Crippen molar-refractivity contribution in [1.82, 2.24) is 14.7 Å². The van der Waals surface area contributed by atoms with Gasteiger partial charge in [0.05, 0.1) is 5.69 Å². The smallest absolute Gasteiger partial charge is 0.341 e. The number of aromatic carboxylic acids is 1. The third-order valence-electron chi connectivity index (χ3n) is 3.72. The number of carboxylic acid groups (broad SMARTS) is 1. The molecule has 1 aromatic rings. The highest BCUT2D eigenvalue weighted by atomic mass is 16.4. The van der Waals surface area contributed by atoms with E-state index in [9.17, 15) is 9.90 Å². The number of aromatic nitrogens is 2. The summed E-state index contributed by atoms with van der Waals surface area (Å²) in [5, 5.41) is 16.7. The lowest BCUT2D eigenvalue weighted by Gasteiger charge is -2.29.